The Morgan fingerprint density at radius 1 is 1.20 bits per heavy atom. The van der Waals surface area contributed by atoms with Gasteiger partial charge in [-0.2, -0.15) is 4.31 Å². The van der Waals surface area contributed by atoms with Crippen LogP contribution in [-0.2, 0) is 24.6 Å². The monoisotopic (exact) mass is 385 g/mol. The molecular weight excluding hydrogens is 362 g/mol. The number of benzene rings is 1. The Bertz CT molecular complexity index is 812. The molecule has 1 aromatic carbocycles. The van der Waals surface area contributed by atoms with Gasteiger partial charge in [0.25, 0.3) is 0 Å². The summed E-state index contributed by atoms with van der Waals surface area (Å²) in [7, 11) is -6.91. The maximum Gasteiger partial charge on any atom is 0.236 e. The molecule has 2 saturated heterocycles. The molecule has 1 aromatic rings. The molecule has 0 aromatic heterocycles. The zero-order chi connectivity index (χ0) is 17.9. The second-order valence-corrected chi connectivity index (χ2v) is 10.5. The van der Waals surface area contributed by atoms with Crippen LogP contribution in [0.5, 0.6) is 0 Å². The molecule has 0 saturated carbocycles. The first-order chi connectivity index (χ1) is 11.9. The maximum atomic E-state index is 12.9. The zero-order valence-corrected chi connectivity index (χ0v) is 15.6. The molecule has 0 radical (unpaired) electrons. The van der Waals surface area contributed by atoms with Crippen LogP contribution in [0, 0.1) is 0 Å². The highest BCUT2D eigenvalue weighted by Gasteiger charge is 2.38. The summed E-state index contributed by atoms with van der Waals surface area (Å²) in [6.45, 7) is 0.836. The highest BCUT2D eigenvalue weighted by molar-refractivity contribution is 7.93. The Hall–Kier alpha value is -1.22. The van der Waals surface area contributed by atoms with Crippen LogP contribution >= 0.6 is 0 Å². The third-order valence-electron chi connectivity index (χ3n) is 4.58. The van der Waals surface area contributed by atoms with E-state index in [0.717, 1.165) is 18.4 Å². The predicted molar refractivity (Wildman–Crippen MR) is 97.1 cm³/mol. The van der Waals surface area contributed by atoms with Crippen LogP contribution in [0.1, 0.15) is 24.8 Å². The van der Waals surface area contributed by atoms with Crippen LogP contribution in [0.3, 0.4) is 0 Å². The molecule has 138 valence electrons. The van der Waals surface area contributed by atoms with E-state index in [9.17, 15) is 16.8 Å². The Kier molecular flexibility index (Phi) is 5.62. The van der Waals surface area contributed by atoms with Gasteiger partial charge in [-0.3, -0.25) is 0 Å². The summed E-state index contributed by atoms with van der Waals surface area (Å²) >= 11 is 0. The Labute approximate surface area is 149 Å². The van der Waals surface area contributed by atoms with Gasteiger partial charge in [0.2, 0.25) is 10.0 Å². The molecule has 3 rings (SSSR count). The summed E-state index contributed by atoms with van der Waals surface area (Å²) in [4.78, 5) is 0. The van der Waals surface area contributed by atoms with Crippen molar-refractivity contribution in [1.82, 2.24) is 4.31 Å². The van der Waals surface area contributed by atoms with Gasteiger partial charge in [-0.15, -0.1) is 0 Å². The van der Waals surface area contributed by atoms with Crippen molar-refractivity contribution in [2.75, 3.05) is 24.7 Å². The summed E-state index contributed by atoms with van der Waals surface area (Å²) in [5.41, 5.74) is 0.780. The molecule has 0 N–H and O–H groups in total. The SMILES string of the molecule is O=S1(=O)CC[C@H](N(C[C@@H]2CCCO2)S(=O)(=O)/C=C\c2ccccc2)C1. The van der Waals surface area contributed by atoms with Crippen molar-refractivity contribution < 1.29 is 21.6 Å². The van der Waals surface area contributed by atoms with E-state index in [4.69, 9.17) is 4.74 Å². The third-order valence-corrected chi connectivity index (χ3v) is 7.91. The second-order valence-electron chi connectivity index (χ2n) is 6.52. The quantitative estimate of drug-likeness (QED) is 0.744. The lowest BCUT2D eigenvalue weighted by Gasteiger charge is -2.28. The van der Waals surface area contributed by atoms with Crippen molar-refractivity contribution in [3.63, 3.8) is 0 Å². The van der Waals surface area contributed by atoms with Gasteiger partial charge in [0.1, 0.15) is 0 Å². The average Bonchev–Trinajstić information content (AvgIpc) is 3.21. The normalized spacial score (nSPS) is 26.6. The van der Waals surface area contributed by atoms with Crippen molar-refractivity contribution in [3.05, 3.63) is 41.3 Å². The van der Waals surface area contributed by atoms with Gasteiger partial charge in [-0.25, -0.2) is 16.8 Å². The average molecular weight is 386 g/mol. The molecule has 2 aliphatic rings. The van der Waals surface area contributed by atoms with E-state index in [-0.39, 0.29) is 24.2 Å². The fraction of sp³-hybridized carbons (Fsp3) is 0.529. The number of sulfonamides is 1. The summed E-state index contributed by atoms with van der Waals surface area (Å²) < 4.78 is 56.3. The van der Waals surface area contributed by atoms with E-state index >= 15 is 0 Å². The van der Waals surface area contributed by atoms with Gasteiger partial charge >= 0.3 is 0 Å². The zero-order valence-electron chi connectivity index (χ0n) is 14.0. The summed E-state index contributed by atoms with van der Waals surface area (Å²) in [6.07, 6.45) is 3.42. The van der Waals surface area contributed by atoms with E-state index in [1.807, 2.05) is 30.3 Å². The molecule has 0 amide bonds. The Morgan fingerprint density at radius 3 is 2.56 bits per heavy atom. The lowest BCUT2D eigenvalue weighted by molar-refractivity contribution is 0.0880. The van der Waals surface area contributed by atoms with Gasteiger partial charge in [0, 0.05) is 24.6 Å². The minimum atomic E-state index is -3.73. The first-order valence-corrected chi connectivity index (χ1v) is 11.8. The molecule has 2 atom stereocenters. The number of rotatable bonds is 6. The largest absolute Gasteiger partial charge is 0.377 e. The number of hydrogen-bond acceptors (Lipinski definition) is 5. The van der Waals surface area contributed by atoms with Crippen molar-refractivity contribution >= 4 is 25.9 Å². The highest BCUT2D eigenvalue weighted by atomic mass is 32.2. The molecule has 2 heterocycles. The molecule has 8 heteroatoms. The van der Waals surface area contributed by atoms with Crippen LogP contribution in [0.2, 0.25) is 0 Å². The molecule has 2 fully saturated rings. The number of nitrogens with zero attached hydrogens (tertiary/aromatic N) is 1. The molecular formula is C17H23NO5S2. The van der Waals surface area contributed by atoms with Gasteiger partial charge in [0.15, 0.2) is 9.84 Å². The molecule has 6 nitrogen and oxygen atoms in total. The van der Waals surface area contributed by atoms with Gasteiger partial charge in [0.05, 0.1) is 17.6 Å². The van der Waals surface area contributed by atoms with E-state index < -0.39 is 25.9 Å². The van der Waals surface area contributed by atoms with Crippen LogP contribution in [0.15, 0.2) is 35.7 Å². The van der Waals surface area contributed by atoms with Crippen molar-refractivity contribution in [2.45, 2.75) is 31.4 Å². The Morgan fingerprint density at radius 2 is 1.96 bits per heavy atom. The fourth-order valence-corrected chi connectivity index (χ4v) is 6.54. The molecule has 25 heavy (non-hydrogen) atoms. The predicted octanol–water partition coefficient (Wildman–Crippen LogP) is 1.66. The van der Waals surface area contributed by atoms with Crippen molar-refractivity contribution in [1.29, 1.82) is 0 Å². The maximum absolute atomic E-state index is 12.9. The minimum Gasteiger partial charge on any atom is -0.377 e. The smallest absolute Gasteiger partial charge is 0.236 e. The van der Waals surface area contributed by atoms with Crippen molar-refractivity contribution in [2.24, 2.45) is 0 Å². The Balaban J connectivity index is 1.82. The molecule has 2 aliphatic heterocycles. The summed E-state index contributed by atoms with van der Waals surface area (Å²) in [6, 6.07) is 8.64. The molecule has 0 spiro atoms. The number of ether oxygens (including phenoxy) is 1. The van der Waals surface area contributed by atoms with Crippen LogP contribution < -0.4 is 0 Å². The van der Waals surface area contributed by atoms with Gasteiger partial charge in [-0.1, -0.05) is 30.3 Å². The van der Waals surface area contributed by atoms with E-state index in [2.05, 4.69) is 0 Å². The van der Waals surface area contributed by atoms with E-state index in [1.165, 1.54) is 9.71 Å². The first-order valence-electron chi connectivity index (χ1n) is 8.43. The first kappa shape index (κ1) is 18.6. The standard InChI is InChI=1S/C17H23NO5S2/c19-24(20)11-9-16(14-24)18(13-17-7-4-10-23-17)25(21,22)12-8-15-5-2-1-3-6-15/h1-3,5-6,8,12,16-17H,4,7,9-11,13-14H2/b12-8-/t16-,17-/m0/s1. The molecule has 0 unspecified atom stereocenters. The lowest BCUT2D eigenvalue weighted by Crippen LogP contribution is -2.44. The highest BCUT2D eigenvalue weighted by Crippen LogP contribution is 2.25. The summed E-state index contributed by atoms with van der Waals surface area (Å²) in [5, 5.41) is 1.17. The van der Waals surface area contributed by atoms with Crippen LogP contribution in [0.4, 0.5) is 0 Å². The molecule has 0 aliphatic carbocycles. The second kappa shape index (κ2) is 7.57. The number of sulfone groups is 1. The van der Waals surface area contributed by atoms with Gasteiger partial charge in [-0.05, 0) is 30.9 Å². The number of hydrogen-bond donors (Lipinski definition) is 0. The minimum absolute atomic E-state index is 0.0393. The lowest BCUT2D eigenvalue weighted by atomic mass is 10.2. The molecule has 0 bridgehead atoms. The van der Waals surface area contributed by atoms with E-state index in [1.54, 1.807) is 6.08 Å². The van der Waals surface area contributed by atoms with Crippen molar-refractivity contribution in [3.8, 4) is 0 Å². The van der Waals surface area contributed by atoms with Crippen LogP contribution in [-0.4, -0.2) is 57.9 Å². The fourth-order valence-electron chi connectivity index (χ4n) is 3.26. The third kappa shape index (κ3) is 4.91. The van der Waals surface area contributed by atoms with Crippen LogP contribution in [0.25, 0.3) is 6.08 Å². The summed E-state index contributed by atoms with van der Waals surface area (Å²) in [5.74, 6) is -0.0737. The van der Waals surface area contributed by atoms with Gasteiger partial charge < -0.3 is 4.74 Å². The van der Waals surface area contributed by atoms with E-state index in [0.29, 0.717) is 13.0 Å². The topological polar surface area (TPSA) is 80.8 Å².